The van der Waals surface area contributed by atoms with Crippen LogP contribution in [0.5, 0.6) is 5.75 Å². The first-order chi connectivity index (χ1) is 9.15. The standard InChI is InChI=1S/C13H11N3O3/c14-12-7-9(16(17)18)6-11(15-12)10-3-1-2-8-4-5-19-13(8)10/h1-3,6-7H,4-5H2,(H2,14,15). The number of rotatable bonds is 2. The van der Waals surface area contributed by atoms with Crippen molar-refractivity contribution in [2.45, 2.75) is 6.42 Å². The molecule has 0 amide bonds. The van der Waals surface area contributed by atoms with Crippen molar-refractivity contribution in [3.05, 3.63) is 46.0 Å². The second kappa shape index (κ2) is 4.24. The fraction of sp³-hybridized carbons (Fsp3) is 0.154. The minimum Gasteiger partial charge on any atom is -0.492 e. The average Bonchev–Trinajstić information content (AvgIpc) is 2.85. The molecule has 0 aliphatic carbocycles. The summed E-state index contributed by atoms with van der Waals surface area (Å²) in [6.45, 7) is 0.622. The normalized spacial score (nSPS) is 12.8. The predicted molar refractivity (Wildman–Crippen MR) is 69.9 cm³/mol. The van der Waals surface area contributed by atoms with Gasteiger partial charge >= 0.3 is 0 Å². The highest BCUT2D eigenvalue weighted by molar-refractivity contribution is 5.72. The highest BCUT2D eigenvalue weighted by atomic mass is 16.6. The van der Waals surface area contributed by atoms with Crippen LogP contribution in [0.1, 0.15) is 5.56 Å². The smallest absolute Gasteiger partial charge is 0.275 e. The fourth-order valence-corrected chi connectivity index (χ4v) is 2.20. The third-order valence-electron chi connectivity index (χ3n) is 3.03. The quantitative estimate of drug-likeness (QED) is 0.657. The number of aromatic nitrogens is 1. The highest BCUT2D eigenvalue weighted by Crippen LogP contribution is 2.37. The van der Waals surface area contributed by atoms with Crippen molar-refractivity contribution in [3.63, 3.8) is 0 Å². The molecule has 0 unspecified atom stereocenters. The molecule has 1 aromatic heterocycles. The van der Waals surface area contributed by atoms with Gasteiger partial charge in [-0.1, -0.05) is 12.1 Å². The Bertz CT molecular complexity index is 670. The largest absolute Gasteiger partial charge is 0.492 e. The minimum absolute atomic E-state index is 0.0712. The molecule has 0 spiro atoms. The lowest BCUT2D eigenvalue weighted by Crippen LogP contribution is -1.97. The number of fused-ring (bicyclic) bond motifs is 1. The zero-order valence-electron chi connectivity index (χ0n) is 10.00. The number of nitro groups is 1. The topological polar surface area (TPSA) is 91.3 Å². The first-order valence-corrected chi connectivity index (χ1v) is 5.82. The van der Waals surface area contributed by atoms with E-state index < -0.39 is 4.92 Å². The number of benzene rings is 1. The van der Waals surface area contributed by atoms with Crippen LogP contribution in [0.25, 0.3) is 11.3 Å². The summed E-state index contributed by atoms with van der Waals surface area (Å²) in [6, 6.07) is 8.35. The molecule has 1 aliphatic rings. The lowest BCUT2D eigenvalue weighted by atomic mass is 10.0. The Morgan fingerprint density at radius 1 is 1.37 bits per heavy atom. The second-order valence-corrected chi connectivity index (χ2v) is 4.28. The third-order valence-corrected chi connectivity index (χ3v) is 3.03. The van der Waals surface area contributed by atoms with Gasteiger partial charge in [-0.05, 0) is 11.6 Å². The van der Waals surface area contributed by atoms with Gasteiger partial charge in [0.1, 0.15) is 11.6 Å². The molecule has 96 valence electrons. The summed E-state index contributed by atoms with van der Waals surface area (Å²) in [7, 11) is 0. The maximum Gasteiger partial charge on any atom is 0.275 e. The number of nitrogens with two attached hydrogens (primary N) is 1. The Morgan fingerprint density at radius 2 is 2.21 bits per heavy atom. The Balaban J connectivity index is 2.17. The van der Waals surface area contributed by atoms with Gasteiger partial charge in [0.2, 0.25) is 0 Å². The van der Waals surface area contributed by atoms with Crippen LogP contribution in [0, 0.1) is 10.1 Å². The van der Waals surface area contributed by atoms with Crippen LogP contribution in [0.3, 0.4) is 0 Å². The molecule has 0 saturated carbocycles. The predicted octanol–water partition coefficient (Wildman–Crippen LogP) is 2.17. The number of para-hydroxylation sites is 1. The molecule has 6 heteroatoms. The molecule has 0 radical (unpaired) electrons. The summed E-state index contributed by atoms with van der Waals surface area (Å²) in [5, 5.41) is 10.9. The molecule has 0 atom stereocenters. The molecule has 2 heterocycles. The Labute approximate surface area is 109 Å². The van der Waals surface area contributed by atoms with Crippen molar-refractivity contribution >= 4 is 11.5 Å². The van der Waals surface area contributed by atoms with E-state index in [1.807, 2.05) is 18.2 Å². The van der Waals surface area contributed by atoms with Crippen LogP contribution in [0.15, 0.2) is 30.3 Å². The van der Waals surface area contributed by atoms with Gasteiger partial charge in [-0.15, -0.1) is 0 Å². The first-order valence-electron chi connectivity index (χ1n) is 5.82. The summed E-state index contributed by atoms with van der Waals surface area (Å²) in [5.74, 6) is 0.870. The van der Waals surface area contributed by atoms with Crippen LogP contribution in [-0.4, -0.2) is 16.5 Å². The maximum atomic E-state index is 10.9. The van der Waals surface area contributed by atoms with E-state index in [0.29, 0.717) is 12.3 Å². The van der Waals surface area contributed by atoms with E-state index in [1.165, 1.54) is 12.1 Å². The van der Waals surface area contributed by atoms with Gasteiger partial charge in [0.25, 0.3) is 5.69 Å². The molecule has 3 rings (SSSR count). The Morgan fingerprint density at radius 3 is 3.00 bits per heavy atom. The van der Waals surface area contributed by atoms with E-state index in [2.05, 4.69) is 4.98 Å². The van der Waals surface area contributed by atoms with E-state index in [1.54, 1.807) is 0 Å². The van der Waals surface area contributed by atoms with E-state index in [4.69, 9.17) is 10.5 Å². The van der Waals surface area contributed by atoms with Crippen LogP contribution in [-0.2, 0) is 6.42 Å². The molecule has 6 nitrogen and oxygen atoms in total. The lowest BCUT2D eigenvalue weighted by molar-refractivity contribution is -0.384. The molecule has 1 aromatic carbocycles. The van der Waals surface area contributed by atoms with E-state index in [-0.39, 0.29) is 11.5 Å². The van der Waals surface area contributed by atoms with Gasteiger partial charge < -0.3 is 10.5 Å². The zero-order valence-corrected chi connectivity index (χ0v) is 10.00. The lowest BCUT2D eigenvalue weighted by Gasteiger charge is -2.07. The first kappa shape index (κ1) is 11.5. The zero-order chi connectivity index (χ0) is 13.4. The number of nitrogen functional groups attached to an aromatic ring is 1. The fourth-order valence-electron chi connectivity index (χ4n) is 2.20. The van der Waals surface area contributed by atoms with E-state index in [9.17, 15) is 10.1 Å². The summed E-state index contributed by atoms with van der Waals surface area (Å²) in [4.78, 5) is 14.5. The number of hydrogen-bond donors (Lipinski definition) is 1. The average molecular weight is 257 g/mol. The van der Waals surface area contributed by atoms with Crippen LogP contribution in [0.4, 0.5) is 11.5 Å². The monoisotopic (exact) mass is 257 g/mol. The summed E-state index contributed by atoms with van der Waals surface area (Å²) in [6.07, 6.45) is 0.841. The van der Waals surface area contributed by atoms with Gasteiger partial charge in [-0.3, -0.25) is 10.1 Å². The minimum atomic E-state index is -0.481. The molecule has 0 bridgehead atoms. The summed E-state index contributed by atoms with van der Waals surface area (Å²) in [5.41, 5.74) is 7.84. The van der Waals surface area contributed by atoms with Gasteiger partial charge in [0.05, 0.1) is 23.3 Å². The summed E-state index contributed by atoms with van der Waals surface area (Å²) >= 11 is 0. The van der Waals surface area contributed by atoms with Gasteiger partial charge in [-0.2, -0.15) is 0 Å². The van der Waals surface area contributed by atoms with Gasteiger partial charge in [0.15, 0.2) is 0 Å². The SMILES string of the molecule is Nc1cc([N+](=O)[O-])cc(-c2cccc3c2OCC3)n1. The Hall–Kier alpha value is -2.63. The molecule has 0 fully saturated rings. The van der Waals surface area contributed by atoms with Gasteiger partial charge in [-0.25, -0.2) is 4.98 Å². The Kier molecular flexibility index (Phi) is 2.56. The van der Waals surface area contributed by atoms with Crippen LogP contribution < -0.4 is 10.5 Å². The third kappa shape index (κ3) is 1.97. The van der Waals surface area contributed by atoms with Crippen LogP contribution in [0.2, 0.25) is 0 Å². The number of ether oxygens (including phenoxy) is 1. The van der Waals surface area contributed by atoms with Crippen molar-refractivity contribution in [1.29, 1.82) is 0 Å². The van der Waals surface area contributed by atoms with Crippen molar-refractivity contribution in [2.24, 2.45) is 0 Å². The molecule has 19 heavy (non-hydrogen) atoms. The number of anilines is 1. The van der Waals surface area contributed by atoms with Crippen molar-refractivity contribution in [2.75, 3.05) is 12.3 Å². The van der Waals surface area contributed by atoms with Gasteiger partial charge in [0, 0.05) is 18.1 Å². The number of pyridine rings is 1. The highest BCUT2D eigenvalue weighted by Gasteiger charge is 2.19. The number of hydrogen-bond acceptors (Lipinski definition) is 5. The molecule has 2 aromatic rings. The van der Waals surface area contributed by atoms with Crippen molar-refractivity contribution < 1.29 is 9.66 Å². The van der Waals surface area contributed by atoms with Crippen LogP contribution >= 0.6 is 0 Å². The maximum absolute atomic E-state index is 10.9. The summed E-state index contributed by atoms with van der Waals surface area (Å²) < 4.78 is 5.57. The van der Waals surface area contributed by atoms with Crippen molar-refractivity contribution in [3.8, 4) is 17.0 Å². The second-order valence-electron chi connectivity index (χ2n) is 4.28. The molecular formula is C13H11N3O3. The molecule has 2 N–H and O–H groups in total. The van der Waals surface area contributed by atoms with E-state index >= 15 is 0 Å². The molecule has 0 saturated heterocycles. The molecule has 1 aliphatic heterocycles. The van der Waals surface area contributed by atoms with Crippen molar-refractivity contribution in [1.82, 2.24) is 4.98 Å². The number of nitrogens with zero attached hydrogens (tertiary/aromatic N) is 2. The molecular weight excluding hydrogens is 246 g/mol. The van der Waals surface area contributed by atoms with E-state index in [0.717, 1.165) is 23.3 Å².